The van der Waals surface area contributed by atoms with Crippen LogP contribution in [-0.2, 0) is 9.59 Å². The highest BCUT2D eigenvalue weighted by Crippen LogP contribution is 2.31. The zero-order chi connectivity index (χ0) is 12.3. The van der Waals surface area contributed by atoms with Gasteiger partial charge in [-0.25, -0.2) is 0 Å². The number of carboxylic acids is 1. The van der Waals surface area contributed by atoms with Crippen molar-refractivity contribution in [2.24, 2.45) is 11.8 Å². The van der Waals surface area contributed by atoms with E-state index in [4.69, 9.17) is 5.11 Å². The number of hydrogen-bond acceptors (Lipinski definition) is 2. The summed E-state index contributed by atoms with van der Waals surface area (Å²) in [6, 6.07) is 0. The number of nitrogens with zero attached hydrogens (tertiary/aromatic N) is 1. The number of carbonyl (C=O) groups is 2. The fourth-order valence-electron chi connectivity index (χ4n) is 2.28. The summed E-state index contributed by atoms with van der Waals surface area (Å²) < 4.78 is 0. The van der Waals surface area contributed by atoms with Gasteiger partial charge in [0.25, 0.3) is 0 Å². The van der Waals surface area contributed by atoms with Crippen LogP contribution in [0.5, 0.6) is 0 Å². The van der Waals surface area contributed by atoms with E-state index in [1.165, 1.54) is 0 Å². The van der Waals surface area contributed by atoms with Crippen LogP contribution in [0.3, 0.4) is 0 Å². The van der Waals surface area contributed by atoms with E-state index in [0.717, 1.165) is 32.1 Å². The van der Waals surface area contributed by atoms with Gasteiger partial charge in [0.05, 0.1) is 0 Å². The molecule has 0 aromatic heterocycles. The normalized spacial score (nSPS) is 23.4. The predicted octanol–water partition coefficient (Wildman–Crippen LogP) is 1.67. The summed E-state index contributed by atoms with van der Waals surface area (Å²) in [6.07, 6.45) is 8.94. The quantitative estimate of drug-likeness (QED) is 0.740. The number of amides is 1. The lowest BCUT2D eigenvalue weighted by molar-refractivity contribution is -0.146. The largest absolute Gasteiger partial charge is 0.480 e. The van der Waals surface area contributed by atoms with Gasteiger partial charge in [-0.2, -0.15) is 0 Å². The molecule has 4 nitrogen and oxygen atoms in total. The Balaban J connectivity index is 1.94. The number of rotatable bonds is 5. The summed E-state index contributed by atoms with van der Waals surface area (Å²) in [7, 11) is 0. The Kier molecular flexibility index (Phi) is 3.82. The van der Waals surface area contributed by atoms with Gasteiger partial charge in [0.15, 0.2) is 0 Å². The summed E-state index contributed by atoms with van der Waals surface area (Å²) in [5.41, 5.74) is 0. The predicted molar refractivity (Wildman–Crippen MR) is 63.4 cm³/mol. The lowest BCUT2D eigenvalue weighted by Gasteiger charge is -2.26. The van der Waals surface area contributed by atoms with Gasteiger partial charge in [0, 0.05) is 12.5 Å². The Morgan fingerprint density at radius 2 is 2.00 bits per heavy atom. The van der Waals surface area contributed by atoms with Crippen LogP contribution in [0.2, 0.25) is 0 Å². The Hall–Kier alpha value is -1.32. The zero-order valence-electron chi connectivity index (χ0n) is 9.97. The molecule has 1 saturated carbocycles. The first kappa shape index (κ1) is 12.1. The third-order valence-electron chi connectivity index (χ3n) is 3.43. The minimum Gasteiger partial charge on any atom is -0.480 e. The minimum absolute atomic E-state index is 0.00176. The van der Waals surface area contributed by atoms with E-state index < -0.39 is 5.97 Å². The van der Waals surface area contributed by atoms with Gasteiger partial charge in [0.1, 0.15) is 6.54 Å². The Bertz CT molecular complexity index is 334. The van der Waals surface area contributed by atoms with Crippen LogP contribution in [-0.4, -0.2) is 35.0 Å². The maximum atomic E-state index is 12.2. The van der Waals surface area contributed by atoms with E-state index in [-0.39, 0.29) is 18.4 Å². The average Bonchev–Trinajstić information content (AvgIpc) is 3.12. The highest BCUT2D eigenvalue weighted by molar-refractivity contribution is 5.83. The number of carbonyl (C=O) groups excluding carboxylic acids is 1. The van der Waals surface area contributed by atoms with Crippen molar-refractivity contribution in [3.8, 4) is 0 Å². The van der Waals surface area contributed by atoms with E-state index in [9.17, 15) is 9.59 Å². The van der Waals surface area contributed by atoms with Crippen molar-refractivity contribution in [2.75, 3.05) is 13.1 Å². The third-order valence-corrected chi connectivity index (χ3v) is 3.43. The third kappa shape index (κ3) is 3.58. The highest BCUT2D eigenvalue weighted by atomic mass is 16.4. The summed E-state index contributed by atoms with van der Waals surface area (Å²) in [6.45, 7) is 0.487. The lowest BCUT2D eigenvalue weighted by atomic mass is 9.93. The van der Waals surface area contributed by atoms with Crippen molar-refractivity contribution in [2.45, 2.75) is 32.1 Å². The summed E-state index contributed by atoms with van der Waals surface area (Å²) >= 11 is 0. The highest BCUT2D eigenvalue weighted by Gasteiger charge is 2.31. The molecule has 2 rings (SSSR count). The monoisotopic (exact) mass is 237 g/mol. The second-order valence-electron chi connectivity index (χ2n) is 5.04. The number of carboxylic acid groups (broad SMARTS) is 1. The number of aliphatic carboxylic acids is 1. The molecule has 0 bridgehead atoms. The second kappa shape index (κ2) is 5.34. The minimum atomic E-state index is -0.912. The number of hydrogen-bond donors (Lipinski definition) is 1. The summed E-state index contributed by atoms with van der Waals surface area (Å²) in [5.74, 6) is -0.343. The molecule has 17 heavy (non-hydrogen) atoms. The molecular weight excluding hydrogens is 218 g/mol. The van der Waals surface area contributed by atoms with Crippen molar-refractivity contribution in [3.63, 3.8) is 0 Å². The molecule has 0 heterocycles. The first-order valence-corrected chi connectivity index (χ1v) is 6.32. The summed E-state index contributed by atoms with van der Waals surface area (Å²) in [4.78, 5) is 24.6. The fraction of sp³-hybridized carbons (Fsp3) is 0.692. The lowest BCUT2D eigenvalue weighted by Crippen LogP contribution is -2.41. The molecule has 0 radical (unpaired) electrons. The molecule has 2 aliphatic rings. The number of allylic oxidation sites excluding steroid dienone is 2. The molecule has 94 valence electrons. The van der Waals surface area contributed by atoms with E-state index in [1.54, 1.807) is 4.90 Å². The van der Waals surface area contributed by atoms with Gasteiger partial charge < -0.3 is 10.0 Å². The molecule has 1 unspecified atom stereocenters. The Morgan fingerprint density at radius 1 is 1.24 bits per heavy atom. The van der Waals surface area contributed by atoms with E-state index in [2.05, 4.69) is 6.08 Å². The first-order valence-electron chi connectivity index (χ1n) is 6.32. The van der Waals surface area contributed by atoms with Gasteiger partial charge in [-0.3, -0.25) is 9.59 Å². The molecule has 1 atom stereocenters. The van der Waals surface area contributed by atoms with Crippen LogP contribution >= 0.6 is 0 Å². The van der Waals surface area contributed by atoms with Crippen molar-refractivity contribution < 1.29 is 14.7 Å². The average molecular weight is 237 g/mol. The maximum Gasteiger partial charge on any atom is 0.323 e. The first-order chi connectivity index (χ1) is 8.16. The standard InChI is InChI=1S/C13H19NO3/c15-12(16)9-14(8-10-6-7-10)13(17)11-4-2-1-3-5-11/h1-2,10-11H,3-9H2,(H,15,16). The zero-order valence-corrected chi connectivity index (χ0v) is 9.97. The second-order valence-corrected chi connectivity index (χ2v) is 5.04. The van der Waals surface area contributed by atoms with Crippen LogP contribution in [0.15, 0.2) is 12.2 Å². The van der Waals surface area contributed by atoms with Gasteiger partial charge in [-0.15, -0.1) is 0 Å². The topological polar surface area (TPSA) is 57.6 Å². The van der Waals surface area contributed by atoms with Gasteiger partial charge >= 0.3 is 5.97 Å². The van der Waals surface area contributed by atoms with Crippen molar-refractivity contribution in [1.82, 2.24) is 4.90 Å². The van der Waals surface area contributed by atoms with Gasteiger partial charge in [-0.1, -0.05) is 12.2 Å². The van der Waals surface area contributed by atoms with Crippen LogP contribution < -0.4 is 0 Å². The van der Waals surface area contributed by atoms with E-state index >= 15 is 0 Å². The van der Waals surface area contributed by atoms with Crippen molar-refractivity contribution in [1.29, 1.82) is 0 Å². The molecular formula is C13H19NO3. The molecule has 0 aromatic carbocycles. The van der Waals surface area contributed by atoms with Crippen molar-refractivity contribution >= 4 is 11.9 Å². The van der Waals surface area contributed by atoms with E-state index in [1.807, 2.05) is 6.08 Å². The molecule has 1 fully saturated rings. The Morgan fingerprint density at radius 3 is 2.53 bits per heavy atom. The van der Waals surface area contributed by atoms with Crippen LogP contribution in [0.1, 0.15) is 32.1 Å². The molecule has 1 N–H and O–H groups in total. The summed E-state index contributed by atoms with van der Waals surface area (Å²) in [5, 5.41) is 8.86. The Labute approximate surface area is 101 Å². The van der Waals surface area contributed by atoms with Crippen molar-refractivity contribution in [3.05, 3.63) is 12.2 Å². The van der Waals surface area contributed by atoms with Crippen LogP contribution in [0.4, 0.5) is 0 Å². The molecule has 4 heteroatoms. The molecule has 0 saturated heterocycles. The maximum absolute atomic E-state index is 12.2. The molecule has 1 amide bonds. The molecule has 0 spiro atoms. The molecule has 0 aliphatic heterocycles. The van der Waals surface area contributed by atoms with Gasteiger partial charge in [-0.05, 0) is 38.0 Å². The van der Waals surface area contributed by atoms with Gasteiger partial charge in [0.2, 0.25) is 5.91 Å². The van der Waals surface area contributed by atoms with Crippen LogP contribution in [0.25, 0.3) is 0 Å². The smallest absolute Gasteiger partial charge is 0.323 e. The molecule has 2 aliphatic carbocycles. The van der Waals surface area contributed by atoms with Crippen LogP contribution in [0, 0.1) is 11.8 Å². The SMILES string of the molecule is O=C(O)CN(CC1CC1)C(=O)C1CC=CCC1. The van der Waals surface area contributed by atoms with E-state index in [0.29, 0.717) is 12.5 Å². The molecule has 0 aromatic rings. The fourth-order valence-corrected chi connectivity index (χ4v) is 2.28.